The molecule has 5 heteroatoms. The smallest absolute Gasteiger partial charge is 0.251 e. The van der Waals surface area contributed by atoms with Gasteiger partial charge in [0.1, 0.15) is 0 Å². The second-order valence-corrected chi connectivity index (χ2v) is 8.04. The second-order valence-electron chi connectivity index (χ2n) is 8.04. The maximum atomic E-state index is 12.2. The minimum Gasteiger partial charge on any atom is -0.347 e. The molecule has 0 radical (unpaired) electrons. The van der Waals surface area contributed by atoms with Crippen LogP contribution in [0.15, 0.2) is 24.3 Å². The van der Waals surface area contributed by atoms with Crippen LogP contribution in [0.4, 0.5) is 5.69 Å². The summed E-state index contributed by atoms with van der Waals surface area (Å²) < 4.78 is 0. The van der Waals surface area contributed by atoms with E-state index in [1.54, 1.807) is 24.3 Å². The van der Waals surface area contributed by atoms with Crippen molar-refractivity contribution in [1.29, 1.82) is 0 Å². The average molecular weight is 345 g/mol. The van der Waals surface area contributed by atoms with E-state index in [-0.39, 0.29) is 17.4 Å². The number of benzene rings is 1. The Bertz CT molecular complexity index is 584. The number of rotatable bonds is 5. The molecule has 1 saturated carbocycles. The Morgan fingerprint density at radius 3 is 2.24 bits per heavy atom. The Kier molecular flexibility index (Phi) is 6.59. The van der Waals surface area contributed by atoms with Gasteiger partial charge in [-0.05, 0) is 64.9 Å². The minimum absolute atomic E-state index is 0.0139. The van der Waals surface area contributed by atoms with Gasteiger partial charge in [0.15, 0.2) is 0 Å². The molecule has 1 aliphatic carbocycles. The molecular weight excluding hydrogens is 314 g/mol. The molecule has 2 N–H and O–H groups in total. The molecule has 2 amide bonds. The zero-order chi connectivity index (χ0) is 18.4. The van der Waals surface area contributed by atoms with Crippen LogP contribution in [-0.2, 0) is 4.79 Å². The molecule has 1 aromatic rings. The summed E-state index contributed by atoms with van der Waals surface area (Å²) in [5, 5.41) is 5.84. The van der Waals surface area contributed by atoms with Gasteiger partial charge < -0.3 is 10.6 Å². The van der Waals surface area contributed by atoms with Crippen molar-refractivity contribution in [3.63, 3.8) is 0 Å². The van der Waals surface area contributed by atoms with E-state index in [0.29, 0.717) is 23.8 Å². The number of nitrogens with one attached hydrogen (secondary N) is 2. The van der Waals surface area contributed by atoms with Gasteiger partial charge in [-0.15, -0.1) is 0 Å². The number of hydrogen-bond acceptors (Lipinski definition) is 3. The predicted octanol–water partition coefficient (Wildman–Crippen LogP) is 3.42. The summed E-state index contributed by atoms with van der Waals surface area (Å²) >= 11 is 0. The zero-order valence-electron chi connectivity index (χ0n) is 15.9. The second kappa shape index (κ2) is 8.48. The van der Waals surface area contributed by atoms with Crippen molar-refractivity contribution in [3.05, 3.63) is 29.8 Å². The monoisotopic (exact) mass is 345 g/mol. The molecule has 0 aromatic heterocycles. The normalized spacial score (nSPS) is 15.9. The van der Waals surface area contributed by atoms with Crippen LogP contribution >= 0.6 is 0 Å². The molecule has 2 rings (SSSR count). The quantitative estimate of drug-likeness (QED) is 0.859. The molecule has 0 spiro atoms. The molecule has 25 heavy (non-hydrogen) atoms. The third kappa shape index (κ3) is 6.50. The maximum Gasteiger partial charge on any atom is 0.251 e. The summed E-state index contributed by atoms with van der Waals surface area (Å²) in [6.07, 6.45) is 6.19. The van der Waals surface area contributed by atoms with Gasteiger partial charge in [-0.2, -0.15) is 0 Å². The molecule has 1 fully saturated rings. The summed E-state index contributed by atoms with van der Waals surface area (Å²) in [5.74, 6) is -0.123. The van der Waals surface area contributed by atoms with Gasteiger partial charge in [-0.3, -0.25) is 14.5 Å². The van der Waals surface area contributed by atoms with Crippen molar-refractivity contribution in [3.8, 4) is 0 Å². The first-order valence-corrected chi connectivity index (χ1v) is 9.17. The molecule has 0 aliphatic heterocycles. The molecule has 0 unspecified atom stereocenters. The van der Waals surface area contributed by atoms with Crippen LogP contribution in [-0.4, -0.2) is 41.9 Å². The summed E-state index contributed by atoms with van der Waals surface area (Å²) in [5.41, 5.74) is 1.04. The largest absolute Gasteiger partial charge is 0.347 e. The molecule has 0 saturated heterocycles. The molecular formula is C20H31N3O2. The fourth-order valence-electron chi connectivity index (χ4n) is 3.20. The number of likely N-dealkylation sites (N-methyl/N-ethyl adjacent to an activating group) is 1. The van der Waals surface area contributed by atoms with E-state index in [1.165, 1.54) is 32.1 Å². The van der Waals surface area contributed by atoms with Gasteiger partial charge in [0.2, 0.25) is 5.91 Å². The molecule has 1 aromatic carbocycles. The van der Waals surface area contributed by atoms with Crippen LogP contribution in [0.1, 0.15) is 63.2 Å². The van der Waals surface area contributed by atoms with Crippen molar-refractivity contribution in [2.45, 2.75) is 64.5 Å². The Balaban J connectivity index is 1.85. The minimum atomic E-state index is -0.270. The van der Waals surface area contributed by atoms with Gasteiger partial charge in [0.05, 0.1) is 6.54 Å². The number of carbonyl (C=O) groups is 2. The Morgan fingerprint density at radius 2 is 1.68 bits per heavy atom. The van der Waals surface area contributed by atoms with E-state index in [4.69, 9.17) is 0 Å². The van der Waals surface area contributed by atoms with E-state index in [9.17, 15) is 9.59 Å². The number of carbonyl (C=O) groups excluding carboxylic acids is 2. The number of nitrogens with zero attached hydrogens (tertiary/aromatic N) is 1. The van der Waals surface area contributed by atoms with E-state index in [1.807, 2.05) is 27.8 Å². The van der Waals surface area contributed by atoms with Gasteiger partial charge in [-0.1, -0.05) is 19.3 Å². The fraction of sp³-hybridized carbons (Fsp3) is 0.600. The van der Waals surface area contributed by atoms with Crippen LogP contribution < -0.4 is 10.6 Å². The highest BCUT2D eigenvalue weighted by Gasteiger charge is 2.20. The van der Waals surface area contributed by atoms with Gasteiger partial charge >= 0.3 is 0 Å². The summed E-state index contributed by atoms with van der Waals surface area (Å²) in [7, 11) is 2.02. The highest BCUT2D eigenvalue weighted by molar-refractivity contribution is 5.96. The van der Waals surface area contributed by atoms with Crippen LogP contribution in [0.2, 0.25) is 0 Å². The van der Waals surface area contributed by atoms with Crippen LogP contribution in [0.5, 0.6) is 0 Å². The lowest BCUT2D eigenvalue weighted by Crippen LogP contribution is -2.40. The van der Waals surface area contributed by atoms with Crippen LogP contribution in [0.25, 0.3) is 0 Å². The van der Waals surface area contributed by atoms with Gasteiger partial charge in [0.25, 0.3) is 5.91 Å². The highest BCUT2D eigenvalue weighted by Crippen LogP contribution is 2.21. The fourth-order valence-corrected chi connectivity index (χ4v) is 3.20. The van der Waals surface area contributed by atoms with Crippen molar-refractivity contribution in [2.75, 3.05) is 18.9 Å². The van der Waals surface area contributed by atoms with E-state index < -0.39 is 0 Å². The first kappa shape index (κ1) is 19.4. The first-order valence-electron chi connectivity index (χ1n) is 9.17. The Morgan fingerprint density at radius 1 is 1.08 bits per heavy atom. The SMILES string of the molecule is CN(CC(=O)Nc1ccc(C(=O)NC(C)(C)C)cc1)C1CCCCC1. The maximum absolute atomic E-state index is 12.2. The van der Waals surface area contributed by atoms with Crippen molar-refractivity contribution in [1.82, 2.24) is 10.2 Å². The topological polar surface area (TPSA) is 61.4 Å². The number of anilines is 1. The summed E-state index contributed by atoms with van der Waals surface area (Å²) in [6.45, 7) is 6.24. The van der Waals surface area contributed by atoms with Crippen molar-refractivity contribution < 1.29 is 9.59 Å². The molecule has 138 valence electrons. The molecule has 1 aliphatic rings. The third-order valence-electron chi connectivity index (χ3n) is 4.51. The standard InChI is InChI=1S/C20H31N3O2/c1-20(2,3)22-19(25)15-10-12-16(13-11-15)21-18(24)14-23(4)17-8-6-5-7-9-17/h10-13,17H,5-9,14H2,1-4H3,(H,21,24)(H,22,25). The van der Waals surface area contributed by atoms with E-state index >= 15 is 0 Å². The summed E-state index contributed by atoms with van der Waals surface area (Å²) in [6, 6.07) is 7.54. The zero-order valence-corrected chi connectivity index (χ0v) is 15.9. The number of hydrogen-bond donors (Lipinski definition) is 2. The van der Waals surface area contributed by atoms with Gasteiger partial charge in [0, 0.05) is 22.8 Å². The predicted molar refractivity (Wildman–Crippen MR) is 102 cm³/mol. The molecule has 0 atom stereocenters. The Hall–Kier alpha value is -1.88. The molecule has 0 heterocycles. The number of amides is 2. The summed E-state index contributed by atoms with van der Waals surface area (Å²) in [4.78, 5) is 26.5. The van der Waals surface area contributed by atoms with Crippen LogP contribution in [0.3, 0.4) is 0 Å². The van der Waals surface area contributed by atoms with Crippen molar-refractivity contribution in [2.24, 2.45) is 0 Å². The highest BCUT2D eigenvalue weighted by atomic mass is 16.2. The van der Waals surface area contributed by atoms with Gasteiger partial charge in [-0.25, -0.2) is 0 Å². The molecule has 0 bridgehead atoms. The molecule has 5 nitrogen and oxygen atoms in total. The first-order chi connectivity index (χ1) is 11.7. The lowest BCUT2D eigenvalue weighted by atomic mass is 9.94. The lowest BCUT2D eigenvalue weighted by molar-refractivity contribution is -0.117. The third-order valence-corrected chi connectivity index (χ3v) is 4.51. The van der Waals surface area contributed by atoms with Crippen LogP contribution in [0, 0.1) is 0 Å². The van der Waals surface area contributed by atoms with Crippen molar-refractivity contribution >= 4 is 17.5 Å². The lowest BCUT2D eigenvalue weighted by Gasteiger charge is -2.30. The average Bonchev–Trinajstić information content (AvgIpc) is 2.54. The van der Waals surface area contributed by atoms with E-state index in [0.717, 1.165) is 0 Å². The van der Waals surface area contributed by atoms with E-state index in [2.05, 4.69) is 15.5 Å². The Labute approximate surface area is 151 Å².